The molecule has 0 radical (unpaired) electrons. The van der Waals surface area contributed by atoms with E-state index in [9.17, 15) is 23.2 Å². The Morgan fingerprint density at radius 3 is 1.79 bits per heavy atom. The van der Waals surface area contributed by atoms with Crippen molar-refractivity contribution < 1.29 is 31.9 Å². The number of aldehydes is 1. The normalized spacial score (nSPS) is 18.2. The lowest BCUT2D eigenvalue weighted by atomic mass is 10.0. The summed E-state index contributed by atoms with van der Waals surface area (Å²) < 4.78 is 49.3. The molecule has 0 bridgehead atoms. The van der Waals surface area contributed by atoms with E-state index in [-0.39, 0.29) is 41.6 Å². The van der Waals surface area contributed by atoms with E-state index in [0.717, 1.165) is 81.1 Å². The van der Waals surface area contributed by atoms with Gasteiger partial charge in [0, 0.05) is 98.7 Å². The second kappa shape index (κ2) is 20.3. The summed E-state index contributed by atoms with van der Waals surface area (Å²) in [6.07, 6.45) is 5.76. The molecule has 0 amide bonds. The number of H-pyrrole nitrogens is 2. The Balaban J connectivity index is 0.000000136. The standard InChI is InChI=1S/C27H25FN4O3.C15H18FN3O.C12H7NO3/c1-34-24-15-32(26-20-12-17(28)7-6-16(20)8-10-29-26)11-9-22(24)30-14-18-13-21-25(31-18)19-4-2-3-5-23(19)35-27(21)33;1-20-14-9-19(7-5-13(14)17)15-12-8-11(16)3-2-10(12)4-6-18-15;14-6-7-5-9-11(13-7)8-3-1-2-4-10(8)16-12(9)15/h2-8,10,12-13,22,24,30-31H,9,11,14-15H2,1H3;2-4,6,8,13-14H,5,7,9,17H2,1H3;1-6,13H. The third kappa shape index (κ3) is 9.59. The number of methoxy groups -OCH3 is 2. The predicted octanol–water partition coefficient (Wildman–Crippen LogP) is 8.36. The number of nitrogens with one attached hydrogen (secondary N) is 3. The Hall–Kier alpha value is -7.83. The number of piperidine rings is 2. The average Bonchev–Trinajstić information content (AvgIpc) is 4.05. The number of carbonyl (C=O) groups excluding carboxylic acids is 1. The van der Waals surface area contributed by atoms with E-state index in [1.807, 2.05) is 48.5 Å². The summed E-state index contributed by atoms with van der Waals surface area (Å²) in [6.45, 7) is 3.45. The second-order valence-corrected chi connectivity index (χ2v) is 17.7. The van der Waals surface area contributed by atoms with Gasteiger partial charge in [0.15, 0.2) is 6.29 Å². The van der Waals surface area contributed by atoms with Gasteiger partial charge in [-0.2, -0.15) is 0 Å². The first kappa shape index (κ1) is 46.9. The van der Waals surface area contributed by atoms with Crippen LogP contribution in [0, 0.1) is 11.6 Å². The first-order valence-electron chi connectivity index (χ1n) is 23.2. The van der Waals surface area contributed by atoms with Crippen molar-refractivity contribution >= 4 is 83.2 Å². The molecule has 4 aromatic carbocycles. The highest BCUT2D eigenvalue weighted by molar-refractivity contribution is 6.04. The summed E-state index contributed by atoms with van der Waals surface area (Å²) in [7, 11) is 3.38. The van der Waals surface area contributed by atoms with Gasteiger partial charge in [-0.15, -0.1) is 0 Å². The van der Waals surface area contributed by atoms with E-state index in [0.29, 0.717) is 59.1 Å². The maximum Gasteiger partial charge on any atom is 0.345 e. The Labute approximate surface area is 404 Å². The smallest absolute Gasteiger partial charge is 0.345 e. The molecule has 0 saturated carbocycles. The number of halogens is 2. The van der Waals surface area contributed by atoms with Crippen LogP contribution in [-0.2, 0) is 16.0 Å². The zero-order valence-corrected chi connectivity index (χ0v) is 38.9. The number of hydrogen-bond acceptors (Lipinski definition) is 13. The SMILES string of the molecule is COC1CN(c2nccc3ccc(F)cc23)CCC1N.COC1CN(c2nccc3ccc(F)cc23)CCC1NCc1cc2c(=O)oc3ccccc3c2[nH]1.O=Cc1cc2c(=O)oc3ccccc3c2[nH]1. The fourth-order valence-electron chi connectivity index (χ4n) is 9.68. The number of rotatable bonds is 8. The molecule has 8 heterocycles. The fraction of sp³-hybridized carbons (Fsp3) is 0.241. The van der Waals surface area contributed by atoms with Crippen LogP contribution in [0.15, 0.2) is 140 Å². The topological polar surface area (TPSA) is 198 Å². The average molecular weight is 961 g/mol. The fourth-order valence-corrected chi connectivity index (χ4v) is 9.68. The molecule has 362 valence electrons. The lowest BCUT2D eigenvalue weighted by Crippen LogP contribution is -2.53. The molecule has 12 rings (SSSR count). The number of ether oxygens (including phenoxy) is 2. The molecule has 5 N–H and O–H groups in total. The van der Waals surface area contributed by atoms with E-state index in [1.54, 1.807) is 63.0 Å². The monoisotopic (exact) mass is 960 g/mol. The minimum Gasteiger partial charge on any atom is -0.422 e. The van der Waals surface area contributed by atoms with Gasteiger partial charge >= 0.3 is 11.3 Å². The minimum atomic E-state index is -0.432. The van der Waals surface area contributed by atoms with Crippen molar-refractivity contribution in [2.45, 2.75) is 43.7 Å². The molecule has 10 aromatic rings. The number of pyridine rings is 2. The summed E-state index contributed by atoms with van der Waals surface area (Å²) in [5, 5.41) is 9.80. The second-order valence-electron chi connectivity index (χ2n) is 17.7. The van der Waals surface area contributed by atoms with Gasteiger partial charge in [0.05, 0.1) is 39.7 Å². The van der Waals surface area contributed by atoms with Gasteiger partial charge in [0.25, 0.3) is 0 Å². The van der Waals surface area contributed by atoms with Crippen molar-refractivity contribution in [3.63, 3.8) is 0 Å². The summed E-state index contributed by atoms with van der Waals surface area (Å²) in [6, 6.07) is 31.6. The Kier molecular flexibility index (Phi) is 13.4. The van der Waals surface area contributed by atoms with Crippen LogP contribution in [0.5, 0.6) is 0 Å². The third-order valence-corrected chi connectivity index (χ3v) is 13.3. The van der Waals surface area contributed by atoms with Crippen LogP contribution in [0.4, 0.5) is 20.4 Å². The summed E-state index contributed by atoms with van der Waals surface area (Å²) in [5.41, 5.74) is 9.06. The first-order valence-corrected chi connectivity index (χ1v) is 23.2. The Morgan fingerprint density at radius 1 is 0.676 bits per heavy atom. The van der Waals surface area contributed by atoms with E-state index < -0.39 is 5.63 Å². The molecule has 2 aliphatic rings. The number of aromatic amines is 2. The van der Waals surface area contributed by atoms with Gasteiger partial charge in [-0.1, -0.05) is 36.4 Å². The number of anilines is 2. The number of hydrogen-bond donors (Lipinski definition) is 4. The largest absolute Gasteiger partial charge is 0.422 e. The summed E-state index contributed by atoms with van der Waals surface area (Å²) >= 11 is 0. The number of nitrogens with two attached hydrogens (primary N) is 1. The van der Waals surface area contributed by atoms with Gasteiger partial charge in [-0.3, -0.25) is 4.79 Å². The van der Waals surface area contributed by atoms with Crippen LogP contribution in [0.25, 0.3) is 65.3 Å². The highest BCUT2D eigenvalue weighted by Crippen LogP contribution is 2.31. The molecular weight excluding hydrogens is 911 g/mol. The molecule has 71 heavy (non-hydrogen) atoms. The Morgan fingerprint density at radius 2 is 1.21 bits per heavy atom. The van der Waals surface area contributed by atoms with Crippen molar-refractivity contribution in [3.8, 4) is 0 Å². The zero-order valence-electron chi connectivity index (χ0n) is 38.9. The maximum absolute atomic E-state index is 13.9. The van der Waals surface area contributed by atoms with E-state index in [4.69, 9.17) is 24.0 Å². The van der Waals surface area contributed by atoms with Gasteiger partial charge in [-0.25, -0.2) is 28.3 Å². The van der Waals surface area contributed by atoms with E-state index >= 15 is 0 Å². The highest BCUT2D eigenvalue weighted by atomic mass is 19.1. The molecule has 0 spiro atoms. The highest BCUT2D eigenvalue weighted by Gasteiger charge is 2.31. The molecule has 2 aliphatic heterocycles. The summed E-state index contributed by atoms with van der Waals surface area (Å²) in [5.74, 6) is 1.06. The molecule has 4 atom stereocenters. The number of benzene rings is 4. The van der Waals surface area contributed by atoms with Crippen LogP contribution in [0.3, 0.4) is 0 Å². The first-order chi connectivity index (χ1) is 34.6. The third-order valence-electron chi connectivity index (χ3n) is 13.3. The van der Waals surface area contributed by atoms with E-state index in [1.165, 1.54) is 24.3 Å². The van der Waals surface area contributed by atoms with Crippen molar-refractivity contribution in [1.82, 2.24) is 25.3 Å². The van der Waals surface area contributed by atoms with Gasteiger partial charge in [0.1, 0.15) is 34.4 Å². The maximum atomic E-state index is 13.9. The van der Waals surface area contributed by atoms with Crippen molar-refractivity contribution in [3.05, 3.63) is 165 Å². The summed E-state index contributed by atoms with van der Waals surface area (Å²) in [4.78, 5) is 54.3. The minimum absolute atomic E-state index is 0.0191. The lowest BCUT2D eigenvalue weighted by molar-refractivity contribution is 0.0593. The predicted molar refractivity (Wildman–Crippen MR) is 271 cm³/mol. The number of fused-ring (bicyclic) bond motifs is 8. The molecule has 2 saturated heterocycles. The van der Waals surface area contributed by atoms with Crippen LogP contribution in [0.1, 0.15) is 29.0 Å². The molecule has 17 heteroatoms. The van der Waals surface area contributed by atoms with Crippen molar-refractivity contribution in [2.24, 2.45) is 5.73 Å². The zero-order chi connectivity index (χ0) is 49.2. The van der Waals surface area contributed by atoms with Crippen molar-refractivity contribution in [2.75, 3.05) is 50.2 Å². The van der Waals surface area contributed by atoms with Crippen LogP contribution in [0.2, 0.25) is 0 Å². The van der Waals surface area contributed by atoms with Crippen LogP contribution < -0.4 is 32.1 Å². The van der Waals surface area contributed by atoms with Crippen molar-refractivity contribution in [1.29, 1.82) is 0 Å². The van der Waals surface area contributed by atoms with Gasteiger partial charge in [0.2, 0.25) is 0 Å². The molecule has 4 unspecified atom stereocenters. The molecule has 0 aliphatic carbocycles. The molecule has 6 aromatic heterocycles. The molecular formula is C54H50F2N8O7. The number of aromatic nitrogens is 4. The number of para-hydroxylation sites is 2. The number of nitrogens with zero attached hydrogens (tertiary/aromatic N) is 4. The van der Waals surface area contributed by atoms with Crippen LogP contribution >= 0.6 is 0 Å². The van der Waals surface area contributed by atoms with Gasteiger partial charge < -0.3 is 49.1 Å². The lowest BCUT2D eigenvalue weighted by Gasteiger charge is -2.39. The quantitative estimate of drug-likeness (QED) is 0.0838. The number of carbonyl (C=O) groups is 1. The molecule has 2 fully saturated rings. The van der Waals surface area contributed by atoms with Gasteiger partial charge in [-0.05, 0) is 96.4 Å². The van der Waals surface area contributed by atoms with Crippen LogP contribution in [-0.4, -0.2) is 90.9 Å². The Bertz CT molecular complexity index is 3690. The van der Waals surface area contributed by atoms with E-state index in [2.05, 4.69) is 35.1 Å². The molecule has 15 nitrogen and oxygen atoms in total.